The number of aromatic nitrogens is 1. The van der Waals surface area contributed by atoms with Gasteiger partial charge in [-0.3, -0.25) is 0 Å². The van der Waals surface area contributed by atoms with Crippen LogP contribution in [0.3, 0.4) is 0 Å². The van der Waals surface area contributed by atoms with Gasteiger partial charge in [-0.1, -0.05) is 6.08 Å². The monoisotopic (exact) mass is 264 g/mol. The van der Waals surface area contributed by atoms with Gasteiger partial charge in [0.05, 0.1) is 10.2 Å². The number of anilines is 1. The van der Waals surface area contributed by atoms with Gasteiger partial charge in [0, 0.05) is 12.1 Å². The summed E-state index contributed by atoms with van der Waals surface area (Å²) in [5.74, 6) is 0. The fraction of sp³-hybridized carbons (Fsp3) is 0.167. The van der Waals surface area contributed by atoms with Crippen LogP contribution in [0.25, 0.3) is 10.2 Å². The Bertz CT molecular complexity index is 594. The standard InChI is InChI=1S/C12H12N2O3S/c1-2-3-9(17-12(15)16)11-14-8-6-7(13)4-5-10(8)18-11/h2,4-6,9H,1,3,13H2,(H,15,16). The largest absolute Gasteiger partial charge is 0.506 e. The molecule has 0 spiro atoms. The number of fused-ring (bicyclic) bond motifs is 1. The number of carbonyl (C=O) groups is 1. The third-order valence-electron chi connectivity index (χ3n) is 2.33. The van der Waals surface area contributed by atoms with Crippen LogP contribution in [0.5, 0.6) is 0 Å². The van der Waals surface area contributed by atoms with Crippen molar-refractivity contribution >= 4 is 33.4 Å². The molecular formula is C12H12N2O3S. The third kappa shape index (κ3) is 2.60. The van der Waals surface area contributed by atoms with E-state index in [-0.39, 0.29) is 0 Å². The van der Waals surface area contributed by atoms with Crippen LogP contribution >= 0.6 is 11.3 Å². The Morgan fingerprint density at radius 2 is 2.44 bits per heavy atom. The summed E-state index contributed by atoms with van der Waals surface area (Å²) >= 11 is 1.39. The molecule has 0 aliphatic carbocycles. The van der Waals surface area contributed by atoms with Crippen molar-refractivity contribution in [2.24, 2.45) is 0 Å². The highest BCUT2D eigenvalue weighted by molar-refractivity contribution is 7.18. The predicted molar refractivity (Wildman–Crippen MR) is 70.7 cm³/mol. The van der Waals surface area contributed by atoms with E-state index >= 15 is 0 Å². The van der Waals surface area contributed by atoms with E-state index in [2.05, 4.69) is 11.6 Å². The van der Waals surface area contributed by atoms with Crippen molar-refractivity contribution in [3.63, 3.8) is 0 Å². The third-order valence-corrected chi connectivity index (χ3v) is 3.46. The van der Waals surface area contributed by atoms with Crippen molar-refractivity contribution in [2.75, 3.05) is 5.73 Å². The second-order valence-corrected chi connectivity index (χ2v) is 4.74. The Balaban J connectivity index is 2.37. The Morgan fingerprint density at radius 1 is 1.67 bits per heavy atom. The Labute approximate surface area is 108 Å². The first-order valence-electron chi connectivity index (χ1n) is 5.26. The minimum absolute atomic E-state index is 0.390. The summed E-state index contributed by atoms with van der Waals surface area (Å²) < 4.78 is 5.75. The molecule has 3 N–H and O–H groups in total. The smallest absolute Gasteiger partial charge is 0.450 e. The van der Waals surface area contributed by atoms with Gasteiger partial charge in [0.2, 0.25) is 0 Å². The van der Waals surface area contributed by atoms with Gasteiger partial charge in [-0.2, -0.15) is 0 Å². The Morgan fingerprint density at radius 3 is 3.11 bits per heavy atom. The summed E-state index contributed by atoms with van der Waals surface area (Å²) in [5.41, 5.74) is 7.04. The summed E-state index contributed by atoms with van der Waals surface area (Å²) in [7, 11) is 0. The zero-order valence-corrected chi connectivity index (χ0v) is 10.3. The lowest BCUT2D eigenvalue weighted by Crippen LogP contribution is -2.08. The van der Waals surface area contributed by atoms with E-state index in [4.69, 9.17) is 15.6 Å². The predicted octanol–water partition coefficient (Wildman–Crippen LogP) is 3.19. The van der Waals surface area contributed by atoms with Crippen molar-refractivity contribution in [3.05, 3.63) is 35.9 Å². The molecule has 1 aromatic carbocycles. The molecule has 6 heteroatoms. The van der Waals surface area contributed by atoms with Crippen LogP contribution in [0, 0.1) is 0 Å². The van der Waals surface area contributed by atoms with E-state index in [0.29, 0.717) is 17.1 Å². The number of nitrogens with zero attached hydrogens (tertiary/aromatic N) is 1. The summed E-state index contributed by atoms with van der Waals surface area (Å²) in [5, 5.41) is 9.30. The molecule has 0 saturated heterocycles. The number of benzene rings is 1. The van der Waals surface area contributed by atoms with Gasteiger partial charge in [-0.15, -0.1) is 17.9 Å². The van der Waals surface area contributed by atoms with Crippen LogP contribution in [0.15, 0.2) is 30.9 Å². The lowest BCUT2D eigenvalue weighted by Gasteiger charge is -2.10. The molecule has 1 heterocycles. The lowest BCUT2D eigenvalue weighted by atomic mass is 10.2. The molecule has 2 rings (SSSR count). The van der Waals surface area contributed by atoms with Gasteiger partial charge in [0.1, 0.15) is 5.01 Å². The maximum Gasteiger partial charge on any atom is 0.506 e. The Hall–Kier alpha value is -2.08. The number of hydrogen-bond donors (Lipinski definition) is 2. The average Bonchev–Trinajstić information content (AvgIpc) is 2.70. The first-order valence-corrected chi connectivity index (χ1v) is 6.08. The lowest BCUT2D eigenvalue weighted by molar-refractivity contribution is 0.0524. The fourth-order valence-electron chi connectivity index (χ4n) is 1.57. The molecule has 0 aliphatic rings. The molecule has 5 nitrogen and oxygen atoms in total. The van der Waals surface area contributed by atoms with Crippen molar-refractivity contribution in [3.8, 4) is 0 Å². The highest BCUT2D eigenvalue weighted by atomic mass is 32.1. The molecular weight excluding hydrogens is 252 g/mol. The number of thiazole rings is 1. The first-order chi connectivity index (χ1) is 8.60. The molecule has 0 bridgehead atoms. The second kappa shape index (κ2) is 5.05. The fourth-order valence-corrected chi connectivity index (χ4v) is 2.56. The molecule has 1 aromatic heterocycles. The molecule has 0 radical (unpaired) electrons. The van der Waals surface area contributed by atoms with Gasteiger partial charge >= 0.3 is 6.16 Å². The van der Waals surface area contributed by atoms with E-state index in [1.165, 1.54) is 11.3 Å². The average molecular weight is 264 g/mol. The number of nitrogen functional groups attached to an aromatic ring is 1. The van der Waals surface area contributed by atoms with Crippen molar-refractivity contribution in [2.45, 2.75) is 12.5 Å². The van der Waals surface area contributed by atoms with E-state index in [9.17, 15) is 4.79 Å². The molecule has 0 amide bonds. The minimum Gasteiger partial charge on any atom is -0.450 e. The van der Waals surface area contributed by atoms with E-state index in [1.54, 1.807) is 18.2 Å². The van der Waals surface area contributed by atoms with Crippen molar-refractivity contribution < 1.29 is 14.6 Å². The maximum atomic E-state index is 10.6. The summed E-state index contributed by atoms with van der Waals surface area (Å²) in [6, 6.07) is 5.39. The number of ether oxygens (including phenoxy) is 1. The highest BCUT2D eigenvalue weighted by Crippen LogP contribution is 2.31. The Kier molecular flexibility index (Phi) is 3.47. The van der Waals surface area contributed by atoms with Crippen LogP contribution in [0.2, 0.25) is 0 Å². The van der Waals surface area contributed by atoms with Gasteiger partial charge < -0.3 is 15.6 Å². The zero-order valence-electron chi connectivity index (χ0n) is 9.50. The van der Waals surface area contributed by atoms with Gasteiger partial charge in [-0.25, -0.2) is 9.78 Å². The quantitative estimate of drug-likeness (QED) is 0.503. The molecule has 0 fully saturated rings. The van der Waals surface area contributed by atoms with Crippen LogP contribution in [-0.4, -0.2) is 16.2 Å². The van der Waals surface area contributed by atoms with Gasteiger partial charge in [0.15, 0.2) is 6.10 Å². The van der Waals surface area contributed by atoms with Crippen molar-refractivity contribution in [1.82, 2.24) is 4.98 Å². The van der Waals surface area contributed by atoms with E-state index in [0.717, 1.165) is 10.2 Å². The number of nitrogens with two attached hydrogens (primary N) is 1. The summed E-state index contributed by atoms with van der Waals surface area (Å²) in [6.07, 6.45) is 0.0644. The molecule has 1 unspecified atom stereocenters. The van der Waals surface area contributed by atoms with E-state index < -0.39 is 12.3 Å². The summed E-state index contributed by atoms with van der Waals surface area (Å²) in [4.78, 5) is 15.0. The van der Waals surface area contributed by atoms with Crippen molar-refractivity contribution in [1.29, 1.82) is 0 Å². The van der Waals surface area contributed by atoms with Gasteiger partial charge in [-0.05, 0) is 18.2 Å². The number of rotatable bonds is 4. The van der Waals surface area contributed by atoms with Gasteiger partial charge in [0.25, 0.3) is 0 Å². The molecule has 0 aliphatic heterocycles. The second-order valence-electron chi connectivity index (χ2n) is 3.68. The first kappa shape index (κ1) is 12.4. The SMILES string of the molecule is C=CCC(OC(=O)O)c1nc2cc(N)ccc2s1. The topological polar surface area (TPSA) is 85.4 Å². The molecule has 0 saturated carbocycles. The van der Waals surface area contributed by atoms with Crippen LogP contribution in [0.1, 0.15) is 17.5 Å². The molecule has 2 aromatic rings. The highest BCUT2D eigenvalue weighted by Gasteiger charge is 2.19. The van der Waals surface area contributed by atoms with E-state index in [1.807, 2.05) is 6.07 Å². The van der Waals surface area contributed by atoms with Crippen LogP contribution < -0.4 is 5.73 Å². The molecule has 1 atom stereocenters. The van der Waals surface area contributed by atoms with Crippen LogP contribution in [0.4, 0.5) is 10.5 Å². The maximum absolute atomic E-state index is 10.6. The minimum atomic E-state index is -1.32. The number of hydrogen-bond acceptors (Lipinski definition) is 5. The van der Waals surface area contributed by atoms with Crippen LogP contribution in [-0.2, 0) is 4.74 Å². The normalized spacial score (nSPS) is 12.2. The zero-order chi connectivity index (χ0) is 13.1. The number of carboxylic acid groups (broad SMARTS) is 1. The summed E-state index contributed by atoms with van der Waals surface area (Å²) in [6.45, 7) is 3.59. The molecule has 18 heavy (non-hydrogen) atoms. The molecule has 94 valence electrons.